The lowest BCUT2D eigenvalue weighted by molar-refractivity contribution is -0.140. The SMILES string of the molecule is Cc1ccc(NC(=O)CCN2C(=O)C3CCCCC3C2=O)cc1S(=O)(=O)N(C)C. The lowest BCUT2D eigenvalue weighted by atomic mass is 9.81. The van der Waals surface area contributed by atoms with Crippen LogP contribution in [-0.4, -0.2) is 56.0 Å². The molecule has 2 fully saturated rings. The van der Waals surface area contributed by atoms with E-state index in [4.69, 9.17) is 0 Å². The van der Waals surface area contributed by atoms with Crippen molar-refractivity contribution in [3.05, 3.63) is 23.8 Å². The fraction of sp³-hybridized carbons (Fsp3) is 0.550. The van der Waals surface area contributed by atoms with Crippen LogP contribution >= 0.6 is 0 Å². The third-order valence-corrected chi connectivity index (χ3v) is 7.68. The normalized spacial score (nSPS) is 22.1. The lowest BCUT2D eigenvalue weighted by Gasteiger charge is -2.19. The van der Waals surface area contributed by atoms with Gasteiger partial charge in [0.15, 0.2) is 0 Å². The number of imide groups is 1. The average Bonchev–Trinajstić information content (AvgIpc) is 2.92. The molecule has 1 aliphatic heterocycles. The maximum absolute atomic E-state index is 12.5. The lowest BCUT2D eigenvalue weighted by Crippen LogP contribution is -2.34. The number of rotatable bonds is 6. The Labute approximate surface area is 171 Å². The Morgan fingerprint density at radius 1 is 1.14 bits per heavy atom. The number of carbonyl (C=O) groups excluding carboxylic acids is 3. The minimum absolute atomic E-state index is 0.0272. The van der Waals surface area contributed by atoms with Gasteiger partial charge in [0, 0.05) is 32.7 Å². The van der Waals surface area contributed by atoms with E-state index in [-0.39, 0.29) is 47.4 Å². The van der Waals surface area contributed by atoms with Crippen LogP contribution in [0.2, 0.25) is 0 Å². The number of benzene rings is 1. The zero-order valence-electron chi connectivity index (χ0n) is 17.0. The van der Waals surface area contributed by atoms with Gasteiger partial charge in [-0.2, -0.15) is 0 Å². The van der Waals surface area contributed by atoms with Gasteiger partial charge in [0.2, 0.25) is 27.7 Å². The number of nitrogens with one attached hydrogen (secondary N) is 1. The van der Waals surface area contributed by atoms with Gasteiger partial charge in [-0.25, -0.2) is 12.7 Å². The van der Waals surface area contributed by atoms with Crippen LogP contribution in [0.25, 0.3) is 0 Å². The van der Waals surface area contributed by atoms with Crippen molar-refractivity contribution in [2.75, 3.05) is 26.0 Å². The van der Waals surface area contributed by atoms with Crippen molar-refractivity contribution in [3.8, 4) is 0 Å². The summed E-state index contributed by atoms with van der Waals surface area (Å²) < 4.78 is 26.0. The number of fused-ring (bicyclic) bond motifs is 1. The molecule has 2 unspecified atom stereocenters. The summed E-state index contributed by atoms with van der Waals surface area (Å²) >= 11 is 0. The molecule has 1 aromatic carbocycles. The van der Waals surface area contributed by atoms with E-state index >= 15 is 0 Å². The second-order valence-electron chi connectivity index (χ2n) is 7.89. The van der Waals surface area contributed by atoms with E-state index in [0.717, 1.165) is 30.0 Å². The van der Waals surface area contributed by atoms with E-state index < -0.39 is 10.0 Å². The highest BCUT2D eigenvalue weighted by Gasteiger charge is 2.47. The highest BCUT2D eigenvalue weighted by atomic mass is 32.2. The maximum atomic E-state index is 12.5. The number of hydrogen-bond acceptors (Lipinski definition) is 5. The van der Waals surface area contributed by atoms with Crippen molar-refractivity contribution < 1.29 is 22.8 Å². The van der Waals surface area contributed by atoms with Crippen LogP contribution in [0.3, 0.4) is 0 Å². The zero-order valence-corrected chi connectivity index (χ0v) is 17.8. The first kappa shape index (κ1) is 21.4. The number of aryl methyl sites for hydroxylation is 1. The fourth-order valence-corrected chi connectivity index (χ4v) is 5.18. The minimum atomic E-state index is -3.63. The van der Waals surface area contributed by atoms with E-state index in [2.05, 4.69) is 5.32 Å². The predicted octanol–water partition coefficient (Wildman–Crippen LogP) is 1.75. The summed E-state index contributed by atoms with van der Waals surface area (Å²) in [5, 5.41) is 2.67. The zero-order chi connectivity index (χ0) is 21.3. The minimum Gasteiger partial charge on any atom is -0.326 e. The van der Waals surface area contributed by atoms with E-state index in [1.165, 1.54) is 25.1 Å². The van der Waals surface area contributed by atoms with Gasteiger partial charge >= 0.3 is 0 Å². The highest BCUT2D eigenvalue weighted by molar-refractivity contribution is 7.89. The molecule has 0 spiro atoms. The van der Waals surface area contributed by atoms with Gasteiger partial charge in [-0.1, -0.05) is 18.9 Å². The molecule has 0 radical (unpaired) electrons. The van der Waals surface area contributed by atoms with Crippen LogP contribution in [0, 0.1) is 18.8 Å². The Morgan fingerprint density at radius 3 is 2.28 bits per heavy atom. The van der Waals surface area contributed by atoms with Crippen molar-refractivity contribution in [2.24, 2.45) is 11.8 Å². The number of likely N-dealkylation sites (tertiary alicyclic amines) is 1. The first-order chi connectivity index (χ1) is 13.6. The number of nitrogens with zero attached hydrogens (tertiary/aromatic N) is 2. The van der Waals surface area contributed by atoms with Crippen molar-refractivity contribution in [2.45, 2.75) is 43.9 Å². The van der Waals surface area contributed by atoms with Crippen molar-refractivity contribution >= 4 is 33.4 Å². The maximum Gasteiger partial charge on any atom is 0.242 e. The number of hydrogen-bond donors (Lipinski definition) is 1. The van der Waals surface area contributed by atoms with E-state index in [9.17, 15) is 22.8 Å². The number of anilines is 1. The van der Waals surface area contributed by atoms with Crippen LogP contribution in [0.5, 0.6) is 0 Å². The van der Waals surface area contributed by atoms with E-state index in [1.54, 1.807) is 19.1 Å². The van der Waals surface area contributed by atoms with Crippen LogP contribution < -0.4 is 5.32 Å². The molecule has 158 valence electrons. The molecular formula is C20H27N3O5S. The summed E-state index contributed by atoms with van der Waals surface area (Å²) in [4.78, 5) is 38.7. The van der Waals surface area contributed by atoms with Crippen LogP contribution in [0.1, 0.15) is 37.7 Å². The van der Waals surface area contributed by atoms with E-state index in [0.29, 0.717) is 11.3 Å². The van der Waals surface area contributed by atoms with Crippen LogP contribution in [0.4, 0.5) is 5.69 Å². The van der Waals surface area contributed by atoms with Gasteiger partial charge in [0.1, 0.15) is 0 Å². The van der Waals surface area contributed by atoms with Crippen molar-refractivity contribution in [1.82, 2.24) is 9.21 Å². The molecule has 0 bridgehead atoms. The predicted molar refractivity (Wildman–Crippen MR) is 107 cm³/mol. The molecule has 1 saturated heterocycles. The summed E-state index contributed by atoms with van der Waals surface area (Å²) in [7, 11) is -0.741. The van der Waals surface area contributed by atoms with Gasteiger partial charge in [-0.05, 0) is 37.5 Å². The molecule has 8 nitrogen and oxygen atoms in total. The second-order valence-corrected chi connectivity index (χ2v) is 10.0. The van der Waals surface area contributed by atoms with Gasteiger partial charge in [0.25, 0.3) is 0 Å². The molecule has 1 saturated carbocycles. The monoisotopic (exact) mass is 421 g/mol. The summed E-state index contributed by atoms with van der Waals surface area (Å²) in [5.41, 5.74) is 0.932. The molecule has 1 heterocycles. The quantitative estimate of drug-likeness (QED) is 0.705. The summed E-state index contributed by atoms with van der Waals surface area (Å²) in [6.45, 7) is 1.73. The largest absolute Gasteiger partial charge is 0.326 e. The molecular weight excluding hydrogens is 394 g/mol. The summed E-state index contributed by atoms with van der Waals surface area (Å²) in [6.07, 6.45) is 3.37. The Hall–Kier alpha value is -2.26. The highest BCUT2D eigenvalue weighted by Crippen LogP contribution is 2.38. The Bertz CT molecular complexity index is 917. The molecule has 3 amide bonds. The number of carbonyl (C=O) groups is 3. The molecule has 9 heteroatoms. The number of sulfonamides is 1. The smallest absolute Gasteiger partial charge is 0.242 e. The van der Waals surface area contributed by atoms with Crippen LogP contribution in [-0.2, 0) is 24.4 Å². The molecule has 1 N–H and O–H groups in total. The molecule has 0 aromatic heterocycles. The molecule has 3 rings (SSSR count). The average molecular weight is 422 g/mol. The van der Waals surface area contributed by atoms with Crippen molar-refractivity contribution in [1.29, 1.82) is 0 Å². The first-order valence-corrected chi connectivity index (χ1v) is 11.2. The Morgan fingerprint density at radius 2 is 1.72 bits per heavy atom. The fourth-order valence-electron chi connectivity index (χ4n) is 4.04. The molecule has 1 aliphatic carbocycles. The number of amides is 3. The first-order valence-electron chi connectivity index (χ1n) is 9.81. The third-order valence-electron chi connectivity index (χ3n) is 5.73. The van der Waals surface area contributed by atoms with Gasteiger partial charge in [0.05, 0.1) is 16.7 Å². The molecule has 1 aromatic rings. The topological polar surface area (TPSA) is 104 Å². The third kappa shape index (κ3) is 4.20. The van der Waals surface area contributed by atoms with Gasteiger partial charge < -0.3 is 5.32 Å². The van der Waals surface area contributed by atoms with E-state index in [1.807, 2.05) is 0 Å². The molecule has 2 atom stereocenters. The summed E-state index contributed by atoms with van der Waals surface area (Å²) in [6, 6.07) is 4.68. The standard InChI is InChI=1S/C20H27N3O5S/c1-13-8-9-14(12-17(13)29(27,28)22(2)3)21-18(24)10-11-23-19(25)15-6-4-5-7-16(15)20(23)26/h8-9,12,15-16H,4-7,10-11H2,1-3H3,(H,21,24). The summed E-state index contributed by atoms with van der Waals surface area (Å²) in [5.74, 6) is -1.16. The Kier molecular flexibility index (Phi) is 6.09. The molecule has 2 aliphatic rings. The second kappa shape index (κ2) is 8.23. The van der Waals surface area contributed by atoms with Gasteiger partial charge in [-0.15, -0.1) is 0 Å². The van der Waals surface area contributed by atoms with Crippen LogP contribution in [0.15, 0.2) is 23.1 Å². The molecule has 29 heavy (non-hydrogen) atoms. The Balaban J connectivity index is 1.64. The van der Waals surface area contributed by atoms with Gasteiger partial charge in [-0.3, -0.25) is 19.3 Å². The van der Waals surface area contributed by atoms with Crippen molar-refractivity contribution in [3.63, 3.8) is 0 Å².